The van der Waals surface area contributed by atoms with Crippen molar-refractivity contribution in [1.29, 1.82) is 0 Å². The maximum Gasteiger partial charge on any atom is 0.416 e. The number of fused-ring (bicyclic) bond motifs is 1. The second-order valence-electron chi connectivity index (χ2n) is 6.50. The summed E-state index contributed by atoms with van der Waals surface area (Å²) < 4.78 is 11.0. The summed E-state index contributed by atoms with van der Waals surface area (Å²) in [7, 11) is 0. The number of furan rings is 1. The fourth-order valence-corrected chi connectivity index (χ4v) is 2.48. The third-order valence-electron chi connectivity index (χ3n) is 3.31. The molecule has 3 rings (SSSR count). The Labute approximate surface area is 150 Å². The van der Waals surface area contributed by atoms with Gasteiger partial charge in [-0.1, -0.05) is 30.3 Å². The van der Waals surface area contributed by atoms with E-state index in [4.69, 9.17) is 20.8 Å². The zero-order valence-electron chi connectivity index (χ0n) is 14.2. The van der Waals surface area contributed by atoms with Crippen LogP contribution in [-0.2, 0) is 11.3 Å². The minimum Gasteiger partial charge on any atom is -0.459 e. The lowest BCUT2D eigenvalue weighted by atomic mass is 10.2. The molecule has 3 aromatic rings. The average Bonchev–Trinajstić information content (AvgIpc) is 2.99. The van der Waals surface area contributed by atoms with Gasteiger partial charge in [0.05, 0.1) is 12.8 Å². The predicted molar refractivity (Wildman–Crippen MR) is 95.7 cm³/mol. The molecule has 0 fully saturated rings. The number of benzene rings is 1. The molecule has 1 amide bonds. The predicted octanol–water partition coefficient (Wildman–Crippen LogP) is 4.82. The molecule has 0 atom stereocenters. The highest BCUT2D eigenvalue weighted by Gasteiger charge is 2.27. The number of anilines is 1. The molecule has 0 saturated carbocycles. The summed E-state index contributed by atoms with van der Waals surface area (Å²) in [6.07, 6.45) is 0.943. The van der Waals surface area contributed by atoms with Crippen LogP contribution in [0.1, 0.15) is 26.3 Å². The third kappa shape index (κ3) is 4.09. The maximum absolute atomic E-state index is 12.8. The lowest BCUT2D eigenvalue weighted by molar-refractivity contribution is 0.0576. The van der Waals surface area contributed by atoms with Crippen LogP contribution >= 0.6 is 11.6 Å². The Morgan fingerprint density at radius 2 is 1.92 bits per heavy atom. The molecule has 7 heteroatoms. The smallest absolute Gasteiger partial charge is 0.416 e. The first-order chi connectivity index (χ1) is 11.8. The van der Waals surface area contributed by atoms with Crippen molar-refractivity contribution < 1.29 is 13.9 Å². The topological polar surface area (TPSA) is 68.5 Å². The number of rotatable bonds is 3. The van der Waals surface area contributed by atoms with E-state index in [1.165, 1.54) is 11.2 Å². The minimum absolute atomic E-state index is 0.0329. The van der Waals surface area contributed by atoms with Crippen LogP contribution in [0.2, 0.25) is 5.28 Å². The standard InChI is InChI=1S/C18H18ClN3O3/c1-18(2,3)25-17(23)22(11-12-7-5-4-6-8-12)15-14-13(9-10-24-14)20-16(19)21-15/h4-10H,11H2,1-3H3. The van der Waals surface area contributed by atoms with Gasteiger partial charge in [0.25, 0.3) is 0 Å². The van der Waals surface area contributed by atoms with Crippen molar-refractivity contribution >= 4 is 34.6 Å². The monoisotopic (exact) mass is 359 g/mol. The number of amides is 1. The van der Waals surface area contributed by atoms with Gasteiger partial charge in [-0.25, -0.2) is 9.78 Å². The molecule has 2 heterocycles. The Morgan fingerprint density at radius 3 is 2.60 bits per heavy atom. The Hall–Kier alpha value is -2.60. The van der Waals surface area contributed by atoms with Gasteiger partial charge < -0.3 is 9.15 Å². The van der Waals surface area contributed by atoms with Crippen LogP contribution in [-0.4, -0.2) is 21.7 Å². The van der Waals surface area contributed by atoms with Gasteiger partial charge in [0.2, 0.25) is 5.28 Å². The first-order valence-electron chi connectivity index (χ1n) is 7.79. The summed E-state index contributed by atoms with van der Waals surface area (Å²) in [4.78, 5) is 22.5. The molecule has 0 saturated heterocycles. The highest BCUT2D eigenvalue weighted by atomic mass is 35.5. The second kappa shape index (κ2) is 6.72. The van der Waals surface area contributed by atoms with E-state index in [1.54, 1.807) is 26.8 Å². The molecule has 0 bridgehead atoms. The lowest BCUT2D eigenvalue weighted by Crippen LogP contribution is -2.37. The van der Waals surface area contributed by atoms with Crippen molar-refractivity contribution in [3.8, 4) is 0 Å². The molecule has 0 N–H and O–H groups in total. The number of halogens is 1. The fraction of sp³-hybridized carbons (Fsp3) is 0.278. The summed E-state index contributed by atoms with van der Waals surface area (Å²) in [5.41, 5.74) is 1.18. The SMILES string of the molecule is CC(C)(C)OC(=O)N(Cc1ccccc1)c1nc(Cl)nc2ccoc12. The van der Waals surface area contributed by atoms with Crippen molar-refractivity contribution in [2.75, 3.05) is 4.90 Å². The molecule has 1 aromatic carbocycles. The summed E-state index contributed by atoms with van der Waals surface area (Å²) in [5.74, 6) is 0.276. The van der Waals surface area contributed by atoms with Crippen molar-refractivity contribution in [2.45, 2.75) is 32.9 Å². The molecule has 0 aliphatic carbocycles. The first kappa shape index (κ1) is 17.2. The average molecular weight is 360 g/mol. The molecule has 0 radical (unpaired) electrons. The highest BCUT2D eigenvalue weighted by Crippen LogP contribution is 2.28. The van der Waals surface area contributed by atoms with Crippen molar-refractivity contribution in [2.24, 2.45) is 0 Å². The molecular weight excluding hydrogens is 342 g/mol. The maximum atomic E-state index is 12.8. The molecule has 0 aliphatic rings. The number of ether oxygens (including phenoxy) is 1. The Balaban J connectivity index is 2.06. The number of carbonyl (C=O) groups is 1. The molecular formula is C18H18ClN3O3. The molecule has 6 nitrogen and oxygen atoms in total. The van der Waals surface area contributed by atoms with Crippen LogP contribution in [0.25, 0.3) is 11.1 Å². The van der Waals surface area contributed by atoms with Gasteiger partial charge in [0.15, 0.2) is 11.4 Å². The van der Waals surface area contributed by atoms with E-state index < -0.39 is 11.7 Å². The quantitative estimate of drug-likeness (QED) is 0.627. The zero-order chi connectivity index (χ0) is 18.0. The number of hydrogen-bond acceptors (Lipinski definition) is 5. The molecule has 130 valence electrons. The number of hydrogen-bond donors (Lipinski definition) is 0. The molecule has 2 aromatic heterocycles. The van der Waals surface area contributed by atoms with Crippen LogP contribution in [0.15, 0.2) is 47.1 Å². The van der Waals surface area contributed by atoms with Gasteiger partial charge >= 0.3 is 6.09 Å². The van der Waals surface area contributed by atoms with Crippen molar-refractivity contribution in [1.82, 2.24) is 9.97 Å². The zero-order valence-corrected chi connectivity index (χ0v) is 14.9. The van der Waals surface area contributed by atoms with E-state index >= 15 is 0 Å². The Morgan fingerprint density at radius 1 is 1.20 bits per heavy atom. The van der Waals surface area contributed by atoms with Gasteiger partial charge in [-0.3, -0.25) is 4.90 Å². The normalized spacial score (nSPS) is 11.5. The van der Waals surface area contributed by atoms with Gasteiger partial charge in [0.1, 0.15) is 11.1 Å². The van der Waals surface area contributed by atoms with Crippen LogP contribution in [0.3, 0.4) is 0 Å². The first-order valence-corrected chi connectivity index (χ1v) is 8.16. The van der Waals surface area contributed by atoms with Crippen LogP contribution in [0, 0.1) is 0 Å². The molecule has 0 spiro atoms. The van der Waals surface area contributed by atoms with Crippen LogP contribution in [0.5, 0.6) is 0 Å². The summed E-state index contributed by atoms with van der Waals surface area (Å²) in [6, 6.07) is 11.2. The molecule has 25 heavy (non-hydrogen) atoms. The van der Waals surface area contributed by atoms with Gasteiger partial charge in [-0.15, -0.1) is 0 Å². The van der Waals surface area contributed by atoms with Gasteiger partial charge in [-0.05, 0) is 37.9 Å². The molecule has 0 unspecified atom stereocenters. The van der Waals surface area contributed by atoms with Crippen LogP contribution in [0.4, 0.5) is 10.6 Å². The summed E-state index contributed by atoms with van der Waals surface area (Å²) >= 11 is 6.02. The third-order valence-corrected chi connectivity index (χ3v) is 3.48. The number of aromatic nitrogens is 2. The Kier molecular flexibility index (Phi) is 4.63. The van der Waals surface area contributed by atoms with E-state index in [0.29, 0.717) is 11.1 Å². The number of nitrogens with zero attached hydrogens (tertiary/aromatic N) is 3. The largest absolute Gasteiger partial charge is 0.459 e. The Bertz CT molecular complexity index is 887. The van der Waals surface area contributed by atoms with E-state index in [1.807, 2.05) is 30.3 Å². The van der Waals surface area contributed by atoms with Crippen molar-refractivity contribution in [3.63, 3.8) is 0 Å². The second-order valence-corrected chi connectivity index (χ2v) is 6.84. The van der Waals surface area contributed by atoms with Crippen molar-refractivity contribution in [3.05, 3.63) is 53.5 Å². The summed E-state index contributed by atoms with van der Waals surface area (Å²) in [5, 5.41) is 0.0329. The molecule has 0 aliphatic heterocycles. The minimum atomic E-state index is -0.648. The van der Waals surface area contributed by atoms with E-state index in [0.717, 1.165) is 5.56 Å². The van der Waals surface area contributed by atoms with E-state index in [-0.39, 0.29) is 17.6 Å². The highest BCUT2D eigenvalue weighted by molar-refractivity contribution is 6.28. The number of carbonyl (C=O) groups excluding carboxylic acids is 1. The van der Waals surface area contributed by atoms with E-state index in [9.17, 15) is 4.79 Å². The van der Waals surface area contributed by atoms with Gasteiger partial charge in [0, 0.05) is 6.07 Å². The van der Waals surface area contributed by atoms with E-state index in [2.05, 4.69) is 9.97 Å². The van der Waals surface area contributed by atoms with Gasteiger partial charge in [-0.2, -0.15) is 4.98 Å². The van der Waals surface area contributed by atoms with Crippen LogP contribution < -0.4 is 4.90 Å². The fourth-order valence-electron chi connectivity index (χ4n) is 2.31. The summed E-state index contributed by atoms with van der Waals surface area (Å²) in [6.45, 7) is 5.68. The lowest BCUT2D eigenvalue weighted by Gasteiger charge is -2.26.